The van der Waals surface area contributed by atoms with E-state index in [1.807, 2.05) is 0 Å². The highest BCUT2D eigenvalue weighted by atomic mass is 16.3. The van der Waals surface area contributed by atoms with Gasteiger partial charge in [0.15, 0.2) is 0 Å². The van der Waals surface area contributed by atoms with Gasteiger partial charge in [0, 0.05) is 5.57 Å². The highest BCUT2D eigenvalue weighted by Crippen LogP contribution is 2.47. The molecule has 2 aliphatic carbocycles. The second-order valence-electron chi connectivity index (χ2n) is 4.46. The smallest absolute Gasteiger partial charge is 0.0935 e. The molecular formula is C12H18O. The van der Waals surface area contributed by atoms with Gasteiger partial charge in [-0.3, -0.25) is 0 Å². The molecule has 0 amide bonds. The Bertz CT molecular complexity index is 238. The summed E-state index contributed by atoms with van der Waals surface area (Å²) < 4.78 is 0. The van der Waals surface area contributed by atoms with E-state index in [-0.39, 0.29) is 0 Å². The molecule has 72 valence electrons. The Morgan fingerprint density at radius 1 is 1.23 bits per heavy atom. The van der Waals surface area contributed by atoms with Gasteiger partial charge in [-0.15, -0.1) is 5.73 Å². The molecule has 13 heavy (non-hydrogen) atoms. The maximum absolute atomic E-state index is 10.0. The van der Waals surface area contributed by atoms with Crippen LogP contribution in [0.4, 0.5) is 0 Å². The first-order valence-electron chi connectivity index (χ1n) is 5.39. The number of rotatable bonds is 2. The fourth-order valence-corrected chi connectivity index (χ4v) is 2.47. The summed E-state index contributed by atoms with van der Waals surface area (Å²) in [6.45, 7) is 3.72. The molecule has 2 fully saturated rings. The van der Waals surface area contributed by atoms with Crippen LogP contribution in [0.3, 0.4) is 0 Å². The van der Waals surface area contributed by atoms with Crippen LogP contribution >= 0.6 is 0 Å². The van der Waals surface area contributed by atoms with Crippen molar-refractivity contribution in [2.24, 2.45) is 5.92 Å². The standard InChI is InChI=1S/C12H18O/c1-2-11(12(13)8-9-12)10-6-4-3-5-7-10/h10,13H,1,3-9H2. The van der Waals surface area contributed by atoms with Crippen molar-refractivity contribution in [3.05, 3.63) is 17.9 Å². The highest BCUT2D eigenvalue weighted by molar-refractivity contribution is 5.25. The first-order chi connectivity index (χ1) is 6.26. The minimum absolute atomic E-state index is 0.482. The summed E-state index contributed by atoms with van der Waals surface area (Å²) in [7, 11) is 0. The molecule has 0 aromatic carbocycles. The number of hydrogen-bond acceptors (Lipinski definition) is 1. The van der Waals surface area contributed by atoms with Crippen molar-refractivity contribution in [2.75, 3.05) is 0 Å². The van der Waals surface area contributed by atoms with Crippen LogP contribution in [0.15, 0.2) is 17.9 Å². The van der Waals surface area contributed by atoms with E-state index in [0.29, 0.717) is 5.92 Å². The van der Waals surface area contributed by atoms with Crippen LogP contribution in [-0.2, 0) is 0 Å². The van der Waals surface area contributed by atoms with E-state index in [4.69, 9.17) is 0 Å². The zero-order chi connectivity index (χ0) is 9.31. The molecule has 0 aliphatic heterocycles. The van der Waals surface area contributed by atoms with Crippen LogP contribution in [0.25, 0.3) is 0 Å². The Morgan fingerprint density at radius 2 is 1.85 bits per heavy atom. The highest BCUT2D eigenvalue weighted by Gasteiger charge is 2.46. The van der Waals surface area contributed by atoms with Crippen LogP contribution in [0.1, 0.15) is 44.9 Å². The Balaban J connectivity index is 2.08. The van der Waals surface area contributed by atoms with E-state index in [2.05, 4.69) is 12.3 Å². The van der Waals surface area contributed by atoms with Crippen LogP contribution in [0.2, 0.25) is 0 Å². The third-order valence-electron chi connectivity index (χ3n) is 3.43. The van der Waals surface area contributed by atoms with Gasteiger partial charge < -0.3 is 5.11 Å². The molecule has 0 saturated heterocycles. The van der Waals surface area contributed by atoms with Gasteiger partial charge in [-0.1, -0.05) is 25.8 Å². The molecule has 0 unspecified atom stereocenters. The third kappa shape index (κ3) is 1.72. The van der Waals surface area contributed by atoms with Gasteiger partial charge in [0.05, 0.1) is 5.60 Å². The quantitative estimate of drug-likeness (QED) is 0.645. The van der Waals surface area contributed by atoms with Gasteiger partial charge >= 0.3 is 0 Å². The monoisotopic (exact) mass is 178 g/mol. The summed E-state index contributed by atoms with van der Waals surface area (Å²) in [5.41, 5.74) is 3.63. The molecule has 2 aliphatic rings. The third-order valence-corrected chi connectivity index (χ3v) is 3.43. The summed E-state index contributed by atoms with van der Waals surface area (Å²) in [5, 5.41) is 10.0. The molecular weight excluding hydrogens is 160 g/mol. The van der Waals surface area contributed by atoms with Crippen LogP contribution in [0, 0.1) is 5.92 Å². The molecule has 0 heterocycles. The fourth-order valence-electron chi connectivity index (χ4n) is 2.47. The molecule has 1 N–H and O–H groups in total. The lowest BCUT2D eigenvalue weighted by Crippen LogP contribution is -2.20. The average molecular weight is 178 g/mol. The van der Waals surface area contributed by atoms with E-state index in [0.717, 1.165) is 18.4 Å². The maximum atomic E-state index is 10.0. The number of hydrogen-bond donors (Lipinski definition) is 1. The molecule has 0 bridgehead atoms. The van der Waals surface area contributed by atoms with Crippen LogP contribution in [0.5, 0.6) is 0 Å². The Labute approximate surface area is 80.2 Å². The van der Waals surface area contributed by atoms with Gasteiger partial charge in [0.1, 0.15) is 0 Å². The fraction of sp³-hybridized carbons (Fsp3) is 0.750. The van der Waals surface area contributed by atoms with Crippen LogP contribution in [-0.4, -0.2) is 10.7 Å². The average Bonchev–Trinajstić information content (AvgIpc) is 2.87. The largest absolute Gasteiger partial charge is 0.385 e. The van der Waals surface area contributed by atoms with Gasteiger partial charge in [0.25, 0.3) is 0 Å². The summed E-state index contributed by atoms with van der Waals surface area (Å²) in [6, 6.07) is 0. The molecule has 2 rings (SSSR count). The zero-order valence-electron chi connectivity index (χ0n) is 8.18. The lowest BCUT2D eigenvalue weighted by molar-refractivity contribution is 0.167. The van der Waals surface area contributed by atoms with Gasteiger partial charge in [-0.25, -0.2) is 0 Å². The molecule has 0 spiro atoms. The second-order valence-corrected chi connectivity index (χ2v) is 4.46. The minimum Gasteiger partial charge on any atom is -0.385 e. The van der Waals surface area contributed by atoms with Crippen molar-refractivity contribution >= 4 is 0 Å². The summed E-state index contributed by atoms with van der Waals surface area (Å²) in [5.74, 6) is 0.582. The molecule has 1 nitrogen and oxygen atoms in total. The normalized spacial score (nSPS) is 26.5. The second kappa shape index (κ2) is 3.32. The van der Waals surface area contributed by atoms with Crippen molar-refractivity contribution in [3.8, 4) is 0 Å². The molecule has 0 atom stereocenters. The van der Waals surface area contributed by atoms with E-state index in [1.165, 1.54) is 32.1 Å². The topological polar surface area (TPSA) is 20.2 Å². The van der Waals surface area contributed by atoms with E-state index < -0.39 is 5.60 Å². The maximum Gasteiger partial charge on any atom is 0.0935 e. The van der Waals surface area contributed by atoms with Gasteiger partial charge in [0.2, 0.25) is 0 Å². The lowest BCUT2D eigenvalue weighted by Gasteiger charge is -2.26. The van der Waals surface area contributed by atoms with Gasteiger partial charge in [-0.05, 0) is 31.6 Å². The first kappa shape index (κ1) is 9.05. The van der Waals surface area contributed by atoms with Crippen LogP contribution < -0.4 is 0 Å². The molecule has 0 aromatic rings. The van der Waals surface area contributed by atoms with Gasteiger partial charge in [-0.2, -0.15) is 0 Å². The molecule has 2 saturated carbocycles. The first-order valence-corrected chi connectivity index (χ1v) is 5.39. The van der Waals surface area contributed by atoms with E-state index in [9.17, 15) is 5.11 Å². The SMILES string of the molecule is C=C=C(C1CCCCC1)C1(O)CC1. The summed E-state index contributed by atoms with van der Waals surface area (Å²) >= 11 is 0. The Morgan fingerprint density at radius 3 is 2.31 bits per heavy atom. The molecule has 1 heteroatoms. The van der Waals surface area contributed by atoms with Crippen molar-refractivity contribution < 1.29 is 5.11 Å². The predicted octanol–water partition coefficient (Wildman–Crippen LogP) is 2.80. The molecule has 0 radical (unpaired) electrons. The van der Waals surface area contributed by atoms with E-state index >= 15 is 0 Å². The Hall–Kier alpha value is -0.520. The van der Waals surface area contributed by atoms with Crippen molar-refractivity contribution in [1.82, 2.24) is 0 Å². The van der Waals surface area contributed by atoms with Crippen molar-refractivity contribution in [1.29, 1.82) is 0 Å². The van der Waals surface area contributed by atoms with Crippen molar-refractivity contribution in [2.45, 2.75) is 50.5 Å². The predicted molar refractivity (Wildman–Crippen MR) is 53.4 cm³/mol. The molecule has 0 aromatic heterocycles. The summed E-state index contributed by atoms with van der Waals surface area (Å²) in [4.78, 5) is 0. The Kier molecular flexibility index (Phi) is 2.31. The van der Waals surface area contributed by atoms with Crippen molar-refractivity contribution in [3.63, 3.8) is 0 Å². The summed E-state index contributed by atoms with van der Waals surface area (Å²) in [6.07, 6.45) is 8.32. The minimum atomic E-state index is -0.482. The lowest BCUT2D eigenvalue weighted by atomic mass is 9.81. The number of aliphatic hydroxyl groups is 1. The zero-order valence-corrected chi connectivity index (χ0v) is 8.18. The van der Waals surface area contributed by atoms with E-state index in [1.54, 1.807) is 0 Å².